The topological polar surface area (TPSA) is 67.2 Å². The van der Waals surface area contributed by atoms with Gasteiger partial charge in [-0.1, -0.05) is 12.1 Å². The van der Waals surface area contributed by atoms with Crippen LogP contribution in [0, 0.1) is 0 Å². The predicted octanol–water partition coefficient (Wildman–Crippen LogP) is 1.49. The summed E-state index contributed by atoms with van der Waals surface area (Å²) in [4.78, 5) is 25.2. The van der Waals surface area contributed by atoms with Gasteiger partial charge in [0.15, 0.2) is 0 Å². The van der Waals surface area contributed by atoms with Crippen LogP contribution in [0.4, 0.5) is 5.69 Å². The van der Waals surface area contributed by atoms with Crippen LogP contribution in [-0.4, -0.2) is 39.1 Å². The molecule has 22 heavy (non-hydrogen) atoms. The number of benzene rings is 1. The van der Waals surface area contributed by atoms with Gasteiger partial charge in [-0.15, -0.1) is 0 Å². The molecular weight excluding hydrogens is 280 g/mol. The van der Waals surface area contributed by atoms with Gasteiger partial charge < -0.3 is 5.32 Å². The number of nitrogens with zero attached hydrogens (tertiary/aromatic N) is 3. The van der Waals surface area contributed by atoms with Crippen LogP contribution >= 0.6 is 0 Å². The molecule has 1 N–H and O–H groups in total. The van der Waals surface area contributed by atoms with Crippen LogP contribution in [-0.2, 0) is 16.1 Å². The fourth-order valence-corrected chi connectivity index (χ4v) is 2.67. The summed E-state index contributed by atoms with van der Waals surface area (Å²) in [7, 11) is 0. The monoisotopic (exact) mass is 298 g/mol. The third-order valence-electron chi connectivity index (χ3n) is 3.73. The maximum atomic E-state index is 12.1. The van der Waals surface area contributed by atoms with Gasteiger partial charge in [0.2, 0.25) is 5.91 Å². The Bertz CT molecular complexity index is 681. The van der Waals surface area contributed by atoms with Crippen molar-refractivity contribution in [2.24, 2.45) is 0 Å². The van der Waals surface area contributed by atoms with E-state index in [2.05, 4.69) is 10.4 Å². The Morgan fingerprint density at radius 2 is 2.18 bits per heavy atom. The Morgan fingerprint density at radius 3 is 2.86 bits per heavy atom. The standard InChI is InChI=1S/C16H18N4O2/c1-2-20-15(21)10-14(16(20)22)18-13-6-3-5-12(9-13)11-19-8-4-7-17-19/h3-9,14,18H,2,10-11H2,1H3/t14-/m0/s1. The van der Waals surface area contributed by atoms with Gasteiger partial charge in [-0.05, 0) is 30.7 Å². The minimum Gasteiger partial charge on any atom is -0.373 e. The van der Waals surface area contributed by atoms with E-state index >= 15 is 0 Å². The van der Waals surface area contributed by atoms with E-state index in [0.29, 0.717) is 13.1 Å². The highest BCUT2D eigenvalue weighted by Crippen LogP contribution is 2.19. The van der Waals surface area contributed by atoms with E-state index in [1.165, 1.54) is 4.90 Å². The van der Waals surface area contributed by atoms with E-state index in [0.717, 1.165) is 11.3 Å². The van der Waals surface area contributed by atoms with Crippen LogP contribution in [0.25, 0.3) is 0 Å². The highest BCUT2D eigenvalue weighted by Gasteiger charge is 2.37. The van der Waals surface area contributed by atoms with E-state index in [1.54, 1.807) is 6.20 Å². The van der Waals surface area contributed by atoms with Crippen LogP contribution in [0.15, 0.2) is 42.7 Å². The van der Waals surface area contributed by atoms with Gasteiger partial charge in [-0.2, -0.15) is 5.10 Å². The SMILES string of the molecule is CCN1C(=O)C[C@H](Nc2cccc(Cn3cccn3)c2)C1=O. The lowest BCUT2D eigenvalue weighted by atomic mass is 10.1. The summed E-state index contributed by atoms with van der Waals surface area (Å²) in [5.74, 6) is -0.261. The highest BCUT2D eigenvalue weighted by molar-refractivity contribution is 6.06. The van der Waals surface area contributed by atoms with Crippen molar-refractivity contribution in [2.75, 3.05) is 11.9 Å². The third-order valence-corrected chi connectivity index (χ3v) is 3.73. The molecule has 6 nitrogen and oxygen atoms in total. The van der Waals surface area contributed by atoms with Crippen LogP contribution < -0.4 is 5.32 Å². The lowest BCUT2D eigenvalue weighted by Gasteiger charge is -2.14. The maximum Gasteiger partial charge on any atom is 0.252 e. The smallest absolute Gasteiger partial charge is 0.252 e. The van der Waals surface area contributed by atoms with Crippen LogP contribution in [0.3, 0.4) is 0 Å². The Morgan fingerprint density at radius 1 is 1.32 bits per heavy atom. The first-order chi connectivity index (χ1) is 10.7. The van der Waals surface area contributed by atoms with Gasteiger partial charge in [-0.25, -0.2) is 0 Å². The summed E-state index contributed by atoms with van der Waals surface area (Å²) in [6.45, 7) is 2.90. The molecule has 3 rings (SSSR count). The molecule has 2 heterocycles. The van der Waals surface area contributed by atoms with Gasteiger partial charge in [0.25, 0.3) is 5.91 Å². The molecule has 1 aromatic carbocycles. The fourth-order valence-electron chi connectivity index (χ4n) is 2.67. The molecule has 2 amide bonds. The number of anilines is 1. The fraction of sp³-hybridized carbons (Fsp3) is 0.312. The number of carbonyl (C=O) groups excluding carboxylic acids is 2. The second kappa shape index (κ2) is 6.01. The van der Waals surface area contributed by atoms with Crippen molar-refractivity contribution in [1.82, 2.24) is 14.7 Å². The molecule has 114 valence electrons. The van der Waals surface area contributed by atoms with Gasteiger partial charge >= 0.3 is 0 Å². The Kier molecular flexibility index (Phi) is 3.91. The van der Waals surface area contributed by atoms with Crippen LogP contribution in [0.2, 0.25) is 0 Å². The number of hydrogen-bond donors (Lipinski definition) is 1. The lowest BCUT2D eigenvalue weighted by molar-refractivity contribution is -0.138. The first kappa shape index (κ1) is 14.3. The molecule has 2 aromatic rings. The molecule has 0 radical (unpaired) electrons. The Balaban J connectivity index is 1.71. The lowest BCUT2D eigenvalue weighted by Crippen LogP contribution is -2.34. The molecule has 1 atom stereocenters. The van der Waals surface area contributed by atoms with Gasteiger partial charge in [0, 0.05) is 24.6 Å². The molecular formula is C16H18N4O2. The number of imide groups is 1. The molecule has 0 aliphatic carbocycles. The van der Waals surface area contributed by atoms with E-state index in [-0.39, 0.29) is 18.2 Å². The van der Waals surface area contributed by atoms with Gasteiger partial charge in [0.05, 0.1) is 13.0 Å². The second-order valence-electron chi connectivity index (χ2n) is 5.28. The van der Waals surface area contributed by atoms with Crippen molar-refractivity contribution in [3.8, 4) is 0 Å². The summed E-state index contributed by atoms with van der Waals surface area (Å²) in [6.07, 6.45) is 3.86. The van der Waals surface area contributed by atoms with Crippen LogP contribution in [0.5, 0.6) is 0 Å². The van der Waals surface area contributed by atoms with Crippen molar-refractivity contribution < 1.29 is 9.59 Å². The van der Waals surface area contributed by atoms with Crippen molar-refractivity contribution in [3.05, 3.63) is 48.3 Å². The number of amides is 2. The largest absolute Gasteiger partial charge is 0.373 e. The molecule has 1 aliphatic heterocycles. The van der Waals surface area contributed by atoms with Crippen molar-refractivity contribution >= 4 is 17.5 Å². The highest BCUT2D eigenvalue weighted by atomic mass is 16.2. The molecule has 1 fully saturated rings. The van der Waals surface area contributed by atoms with E-state index < -0.39 is 6.04 Å². The zero-order chi connectivity index (χ0) is 15.5. The number of rotatable bonds is 5. The van der Waals surface area contributed by atoms with Crippen molar-refractivity contribution in [2.45, 2.75) is 25.9 Å². The number of hydrogen-bond acceptors (Lipinski definition) is 4. The van der Waals surface area contributed by atoms with Gasteiger partial charge in [0.1, 0.15) is 6.04 Å². The molecule has 0 bridgehead atoms. The zero-order valence-electron chi connectivity index (χ0n) is 12.4. The average Bonchev–Trinajstić information content (AvgIpc) is 3.09. The molecule has 1 aromatic heterocycles. The van der Waals surface area contributed by atoms with E-state index in [1.807, 2.05) is 48.1 Å². The minimum absolute atomic E-state index is 0.113. The molecule has 6 heteroatoms. The quantitative estimate of drug-likeness (QED) is 0.849. The normalized spacial score (nSPS) is 18.0. The van der Waals surface area contributed by atoms with E-state index in [4.69, 9.17) is 0 Å². The van der Waals surface area contributed by atoms with Crippen LogP contribution in [0.1, 0.15) is 18.9 Å². The molecule has 0 unspecified atom stereocenters. The summed E-state index contributed by atoms with van der Waals surface area (Å²) < 4.78 is 1.84. The van der Waals surface area contributed by atoms with Gasteiger partial charge in [-0.3, -0.25) is 19.2 Å². The summed E-state index contributed by atoms with van der Waals surface area (Å²) in [5.41, 5.74) is 1.92. The first-order valence-electron chi connectivity index (χ1n) is 7.34. The number of carbonyl (C=O) groups is 2. The average molecular weight is 298 g/mol. The maximum absolute atomic E-state index is 12.1. The molecule has 0 spiro atoms. The Labute approximate surface area is 128 Å². The van der Waals surface area contributed by atoms with Crippen molar-refractivity contribution in [1.29, 1.82) is 0 Å². The summed E-state index contributed by atoms with van der Waals surface area (Å²) >= 11 is 0. The zero-order valence-corrected chi connectivity index (χ0v) is 12.4. The molecule has 1 aliphatic rings. The number of likely N-dealkylation sites (tertiary alicyclic amines) is 1. The second-order valence-corrected chi connectivity index (χ2v) is 5.28. The number of likely N-dealkylation sites (N-methyl/N-ethyl adjacent to an activating group) is 1. The Hall–Kier alpha value is -2.63. The number of nitrogens with one attached hydrogen (secondary N) is 1. The van der Waals surface area contributed by atoms with Crippen molar-refractivity contribution in [3.63, 3.8) is 0 Å². The minimum atomic E-state index is -0.465. The summed E-state index contributed by atoms with van der Waals surface area (Å²) in [5, 5.41) is 7.34. The molecule has 1 saturated heterocycles. The molecule has 0 saturated carbocycles. The predicted molar refractivity (Wildman–Crippen MR) is 82.2 cm³/mol. The third kappa shape index (κ3) is 2.86. The first-order valence-corrected chi connectivity index (χ1v) is 7.34. The number of aromatic nitrogens is 2. The van der Waals surface area contributed by atoms with E-state index in [9.17, 15) is 9.59 Å². The summed E-state index contributed by atoms with van der Waals surface area (Å²) in [6, 6.07) is 9.23.